The first-order valence-electron chi connectivity index (χ1n) is 4.46. The lowest BCUT2D eigenvalue weighted by molar-refractivity contribution is 0.888. The molecule has 2 rings (SSSR count). The molecule has 0 amide bonds. The molecule has 2 heterocycles. The predicted molar refractivity (Wildman–Crippen MR) is 68.7 cm³/mol. The number of halogens is 1. The molecule has 0 aromatic carbocycles. The van der Waals surface area contributed by atoms with Gasteiger partial charge in [-0.15, -0.1) is 21.5 Å². The number of aromatic nitrogens is 2. The molecule has 0 fully saturated rings. The van der Waals surface area contributed by atoms with Crippen molar-refractivity contribution in [2.75, 3.05) is 5.32 Å². The summed E-state index contributed by atoms with van der Waals surface area (Å²) in [5.41, 5.74) is 0. The van der Waals surface area contributed by atoms with Crippen molar-refractivity contribution >= 4 is 43.7 Å². The van der Waals surface area contributed by atoms with Gasteiger partial charge >= 0.3 is 0 Å². The fraction of sp³-hybridized carbons (Fsp3) is 0.333. The first-order chi connectivity index (χ1) is 7.16. The minimum Gasteiger partial charge on any atom is -0.353 e. The summed E-state index contributed by atoms with van der Waals surface area (Å²) in [6, 6.07) is 2.32. The maximum atomic E-state index is 4.04. The molecular formula is C9H10BrN3S2. The van der Waals surface area contributed by atoms with Crippen molar-refractivity contribution in [2.45, 2.75) is 19.9 Å². The van der Waals surface area contributed by atoms with Crippen LogP contribution in [0.2, 0.25) is 0 Å². The predicted octanol–water partition coefficient (Wildman–Crippen LogP) is 3.84. The molecule has 80 valence electrons. The zero-order valence-corrected chi connectivity index (χ0v) is 11.5. The molecule has 0 aliphatic carbocycles. The summed E-state index contributed by atoms with van der Waals surface area (Å²) in [5, 5.41) is 15.3. The molecule has 6 heteroatoms. The van der Waals surface area contributed by atoms with Gasteiger partial charge in [-0.05, 0) is 41.2 Å². The molecule has 0 saturated carbocycles. The summed E-state index contributed by atoms with van der Waals surface area (Å²) in [7, 11) is 0. The highest BCUT2D eigenvalue weighted by atomic mass is 79.9. The second-order valence-electron chi connectivity index (χ2n) is 3.13. The SMILES string of the molecule is Cc1nnc(NC(C)c2sccc2Br)s1. The molecule has 0 radical (unpaired) electrons. The van der Waals surface area contributed by atoms with E-state index in [-0.39, 0.29) is 6.04 Å². The molecule has 2 aromatic rings. The largest absolute Gasteiger partial charge is 0.353 e. The van der Waals surface area contributed by atoms with Gasteiger partial charge in [0, 0.05) is 9.35 Å². The standard InChI is InChI=1S/C9H10BrN3S2/c1-5(8-7(10)3-4-14-8)11-9-13-12-6(2)15-9/h3-5H,1-2H3,(H,11,13). The fourth-order valence-corrected chi connectivity index (χ4v) is 3.62. The van der Waals surface area contributed by atoms with Gasteiger partial charge in [-0.3, -0.25) is 0 Å². The normalized spacial score (nSPS) is 12.7. The van der Waals surface area contributed by atoms with Crippen molar-refractivity contribution < 1.29 is 0 Å². The van der Waals surface area contributed by atoms with Crippen molar-refractivity contribution in [1.29, 1.82) is 0 Å². The first-order valence-corrected chi connectivity index (χ1v) is 6.95. The number of nitrogens with one attached hydrogen (secondary N) is 1. The minimum absolute atomic E-state index is 0.256. The molecule has 0 aliphatic rings. The van der Waals surface area contributed by atoms with E-state index < -0.39 is 0 Å². The third-order valence-electron chi connectivity index (χ3n) is 1.90. The summed E-state index contributed by atoms with van der Waals surface area (Å²) >= 11 is 6.83. The lowest BCUT2D eigenvalue weighted by Crippen LogP contribution is -2.04. The summed E-state index contributed by atoms with van der Waals surface area (Å²) in [6.45, 7) is 4.07. The molecule has 1 N–H and O–H groups in total. The van der Waals surface area contributed by atoms with Crippen LogP contribution < -0.4 is 5.32 Å². The van der Waals surface area contributed by atoms with Crippen LogP contribution in [-0.2, 0) is 0 Å². The van der Waals surface area contributed by atoms with E-state index in [2.05, 4.69) is 49.8 Å². The molecule has 1 atom stereocenters. The van der Waals surface area contributed by atoms with Gasteiger partial charge in [-0.25, -0.2) is 0 Å². The fourth-order valence-electron chi connectivity index (χ4n) is 1.22. The molecule has 15 heavy (non-hydrogen) atoms. The Bertz CT molecular complexity index is 452. The number of nitrogens with zero attached hydrogens (tertiary/aromatic N) is 2. The molecule has 1 unspecified atom stereocenters. The van der Waals surface area contributed by atoms with Gasteiger partial charge in [0.05, 0.1) is 6.04 Å². The molecule has 3 nitrogen and oxygen atoms in total. The molecule has 0 saturated heterocycles. The Hall–Kier alpha value is -0.460. The van der Waals surface area contributed by atoms with Gasteiger partial charge in [-0.1, -0.05) is 11.3 Å². The van der Waals surface area contributed by atoms with Crippen LogP contribution in [0, 0.1) is 6.92 Å². The zero-order chi connectivity index (χ0) is 10.8. The molecular weight excluding hydrogens is 294 g/mol. The molecule has 2 aromatic heterocycles. The van der Waals surface area contributed by atoms with Crippen molar-refractivity contribution in [3.05, 3.63) is 25.8 Å². The van der Waals surface area contributed by atoms with E-state index in [0.29, 0.717) is 0 Å². The van der Waals surface area contributed by atoms with E-state index in [1.165, 1.54) is 4.88 Å². The second kappa shape index (κ2) is 4.59. The number of anilines is 1. The quantitative estimate of drug-likeness (QED) is 0.936. The Balaban J connectivity index is 2.10. The number of hydrogen-bond donors (Lipinski definition) is 1. The monoisotopic (exact) mass is 303 g/mol. The number of thiophene rings is 1. The van der Waals surface area contributed by atoms with Crippen LogP contribution in [0.5, 0.6) is 0 Å². The summed E-state index contributed by atoms with van der Waals surface area (Å²) in [6.07, 6.45) is 0. The topological polar surface area (TPSA) is 37.8 Å². The van der Waals surface area contributed by atoms with Crippen LogP contribution in [0.1, 0.15) is 22.9 Å². The number of rotatable bonds is 3. The van der Waals surface area contributed by atoms with Gasteiger partial charge in [0.1, 0.15) is 5.01 Å². The van der Waals surface area contributed by atoms with Gasteiger partial charge in [0.25, 0.3) is 0 Å². The molecule has 0 spiro atoms. The van der Waals surface area contributed by atoms with Crippen molar-refractivity contribution in [2.24, 2.45) is 0 Å². The summed E-state index contributed by atoms with van der Waals surface area (Å²) in [4.78, 5) is 1.28. The van der Waals surface area contributed by atoms with Gasteiger partial charge < -0.3 is 5.32 Å². The van der Waals surface area contributed by atoms with E-state index in [4.69, 9.17) is 0 Å². The lowest BCUT2D eigenvalue weighted by atomic mass is 10.3. The number of aryl methyl sites for hydroxylation is 1. The van der Waals surface area contributed by atoms with Gasteiger partial charge in [0.15, 0.2) is 0 Å². The smallest absolute Gasteiger partial charge is 0.206 e. The van der Waals surface area contributed by atoms with Gasteiger partial charge in [-0.2, -0.15) is 0 Å². The Morgan fingerprint density at radius 3 is 2.80 bits per heavy atom. The van der Waals surface area contributed by atoms with Crippen LogP contribution in [0.3, 0.4) is 0 Å². The Kier molecular flexibility index (Phi) is 3.38. The van der Waals surface area contributed by atoms with E-state index in [0.717, 1.165) is 14.6 Å². The van der Waals surface area contributed by atoms with Crippen LogP contribution in [0.15, 0.2) is 15.9 Å². The van der Waals surface area contributed by atoms with Crippen LogP contribution >= 0.6 is 38.6 Å². The second-order valence-corrected chi connectivity index (χ2v) is 6.11. The summed E-state index contributed by atoms with van der Waals surface area (Å²) in [5.74, 6) is 0. The minimum atomic E-state index is 0.256. The molecule has 0 bridgehead atoms. The average molecular weight is 304 g/mol. The van der Waals surface area contributed by atoms with Crippen molar-refractivity contribution in [3.63, 3.8) is 0 Å². The van der Waals surface area contributed by atoms with E-state index >= 15 is 0 Å². The highest BCUT2D eigenvalue weighted by Gasteiger charge is 2.12. The Morgan fingerprint density at radius 2 is 2.27 bits per heavy atom. The lowest BCUT2D eigenvalue weighted by Gasteiger charge is -2.10. The highest BCUT2D eigenvalue weighted by Crippen LogP contribution is 2.31. The average Bonchev–Trinajstić information content (AvgIpc) is 2.75. The zero-order valence-electron chi connectivity index (χ0n) is 8.32. The third kappa shape index (κ3) is 2.56. The van der Waals surface area contributed by atoms with Crippen molar-refractivity contribution in [1.82, 2.24) is 10.2 Å². The van der Waals surface area contributed by atoms with Gasteiger partial charge in [0.2, 0.25) is 5.13 Å². The maximum Gasteiger partial charge on any atom is 0.206 e. The van der Waals surface area contributed by atoms with Crippen LogP contribution in [0.4, 0.5) is 5.13 Å². The third-order valence-corrected chi connectivity index (χ3v) is 4.73. The van der Waals surface area contributed by atoms with E-state index in [9.17, 15) is 0 Å². The summed E-state index contributed by atoms with van der Waals surface area (Å²) < 4.78 is 1.15. The van der Waals surface area contributed by atoms with Crippen molar-refractivity contribution in [3.8, 4) is 0 Å². The van der Waals surface area contributed by atoms with E-state index in [1.807, 2.05) is 6.92 Å². The number of hydrogen-bond acceptors (Lipinski definition) is 5. The Morgan fingerprint density at radius 1 is 1.47 bits per heavy atom. The first kappa shape index (κ1) is 11.0. The van der Waals surface area contributed by atoms with E-state index in [1.54, 1.807) is 22.7 Å². The maximum absolute atomic E-state index is 4.04. The molecule has 0 aliphatic heterocycles. The Labute approximate surface area is 105 Å². The highest BCUT2D eigenvalue weighted by molar-refractivity contribution is 9.10. The van der Waals surface area contributed by atoms with Crippen LogP contribution in [0.25, 0.3) is 0 Å². The van der Waals surface area contributed by atoms with Crippen LogP contribution in [-0.4, -0.2) is 10.2 Å².